The maximum Gasteiger partial charge on any atom is 0.266 e. The van der Waals surface area contributed by atoms with Crippen molar-refractivity contribution in [3.63, 3.8) is 0 Å². The number of furan rings is 1. The number of benzene rings is 2. The van der Waals surface area contributed by atoms with E-state index < -0.39 is 0 Å². The summed E-state index contributed by atoms with van der Waals surface area (Å²) < 4.78 is 6.97. The molecule has 0 spiro atoms. The minimum atomic E-state index is -0.0911. The van der Waals surface area contributed by atoms with Crippen molar-refractivity contribution in [2.45, 2.75) is 4.90 Å². The lowest BCUT2D eigenvalue weighted by molar-refractivity contribution is 0.557. The molecule has 0 aliphatic carbocycles. The Bertz CT molecular complexity index is 1130. The van der Waals surface area contributed by atoms with Gasteiger partial charge in [-0.2, -0.15) is 0 Å². The average molecular weight is 360 g/mol. The average Bonchev–Trinajstić information content (AvgIpc) is 3.20. The molecule has 5 heteroatoms. The first-order chi connectivity index (χ1) is 12.8. The fourth-order valence-corrected chi connectivity index (χ4v) is 3.19. The molecule has 0 bridgehead atoms. The van der Waals surface area contributed by atoms with Crippen molar-refractivity contribution in [3.8, 4) is 5.69 Å². The standard InChI is InChI=1S/C21H16N2O2S/c1-26-17-11-8-15(9-12-17)23-20(13-10-16-5-4-14-25-16)22-19-7-3-2-6-18(19)21(23)24/h2-14H,1H3/b13-10+. The molecule has 0 amide bonds. The maximum atomic E-state index is 13.1. The van der Waals surface area contributed by atoms with Gasteiger partial charge in [-0.25, -0.2) is 4.98 Å². The molecular formula is C21H16N2O2S. The van der Waals surface area contributed by atoms with E-state index in [1.165, 1.54) is 0 Å². The number of rotatable bonds is 4. The first-order valence-electron chi connectivity index (χ1n) is 8.14. The van der Waals surface area contributed by atoms with Crippen LogP contribution in [0, 0.1) is 0 Å². The lowest BCUT2D eigenvalue weighted by Gasteiger charge is -2.11. The largest absolute Gasteiger partial charge is 0.465 e. The van der Waals surface area contributed by atoms with Gasteiger partial charge in [0.1, 0.15) is 11.6 Å². The van der Waals surface area contributed by atoms with Crippen LogP contribution in [0.5, 0.6) is 0 Å². The second-order valence-electron chi connectivity index (χ2n) is 5.67. The van der Waals surface area contributed by atoms with E-state index in [1.54, 1.807) is 34.7 Å². The quantitative estimate of drug-likeness (QED) is 0.487. The molecule has 0 fully saturated rings. The van der Waals surface area contributed by atoms with Crippen molar-refractivity contribution in [2.75, 3.05) is 6.26 Å². The van der Waals surface area contributed by atoms with E-state index in [0.717, 1.165) is 10.6 Å². The summed E-state index contributed by atoms with van der Waals surface area (Å²) in [7, 11) is 0. The fraction of sp³-hybridized carbons (Fsp3) is 0.0476. The number of thioether (sulfide) groups is 1. The van der Waals surface area contributed by atoms with Crippen molar-refractivity contribution in [1.29, 1.82) is 0 Å². The Hall–Kier alpha value is -3.05. The summed E-state index contributed by atoms with van der Waals surface area (Å²) in [6, 6.07) is 18.9. The molecule has 4 nitrogen and oxygen atoms in total. The first kappa shape index (κ1) is 16.4. The van der Waals surface area contributed by atoms with Gasteiger partial charge in [0.25, 0.3) is 5.56 Å². The highest BCUT2D eigenvalue weighted by Crippen LogP contribution is 2.19. The molecule has 0 saturated heterocycles. The van der Waals surface area contributed by atoms with Crippen LogP contribution in [0.4, 0.5) is 0 Å². The van der Waals surface area contributed by atoms with Gasteiger partial charge in [-0.15, -0.1) is 11.8 Å². The molecule has 2 aromatic heterocycles. The van der Waals surface area contributed by atoms with E-state index >= 15 is 0 Å². The molecule has 0 N–H and O–H groups in total. The minimum absolute atomic E-state index is 0.0911. The van der Waals surface area contributed by atoms with Crippen LogP contribution in [0.2, 0.25) is 0 Å². The molecule has 0 unspecified atom stereocenters. The number of fused-ring (bicyclic) bond motifs is 1. The molecule has 2 aromatic carbocycles. The minimum Gasteiger partial charge on any atom is -0.465 e. The Morgan fingerprint density at radius 1 is 1.00 bits per heavy atom. The van der Waals surface area contributed by atoms with Gasteiger partial charge in [0.2, 0.25) is 0 Å². The third-order valence-corrected chi connectivity index (χ3v) is 4.82. The Morgan fingerprint density at radius 3 is 2.54 bits per heavy atom. The van der Waals surface area contributed by atoms with Gasteiger partial charge >= 0.3 is 0 Å². The normalized spacial score (nSPS) is 11.4. The highest BCUT2D eigenvalue weighted by atomic mass is 32.2. The van der Waals surface area contributed by atoms with Crippen LogP contribution in [0.1, 0.15) is 11.6 Å². The molecule has 0 aliphatic rings. The Morgan fingerprint density at radius 2 is 1.81 bits per heavy atom. The number of hydrogen-bond acceptors (Lipinski definition) is 4. The van der Waals surface area contributed by atoms with Crippen LogP contribution in [0.15, 0.2) is 81.0 Å². The van der Waals surface area contributed by atoms with Crippen LogP contribution in [0.3, 0.4) is 0 Å². The number of para-hydroxylation sites is 1. The smallest absolute Gasteiger partial charge is 0.266 e. The molecule has 128 valence electrons. The molecule has 0 aliphatic heterocycles. The molecule has 4 aromatic rings. The van der Waals surface area contributed by atoms with Crippen LogP contribution < -0.4 is 5.56 Å². The SMILES string of the molecule is CSc1ccc(-n2c(/C=C/c3ccco3)nc3ccccc3c2=O)cc1. The number of hydrogen-bond donors (Lipinski definition) is 0. The lowest BCUT2D eigenvalue weighted by atomic mass is 10.2. The summed E-state index contributed by atoms with van der Waals surface area (Å²) in [6.45, 7) is 0. The van der Waals surface area contributed by atoms with Gasteiger partial charge in [0.05, 0.1) is 22.9 Å². The van der Waals surface area contributed by atoms with Crippen molar-refractivity contribution >= 4 is 34.8 Å². The van der Waals surface area contributed by atoms with Crippen molar-refractivity contribution in [1.82, 2.24) is 9.55 Å². The summed E-state index contributed by atoms with van der Waals surface area (Å²) in [5.41, 5.74) is 1.37. The lowest BCUT2D eigenvalue weighted by Crippen LogP contribution is -2.22. The Balaban J connectivity index is 1.94. The molecule has 2 heterocycles. The Kier molecular flexibility index (Phi) is 4.46. The van der Waals surface area contributed by atoms with Crippen LogP contribution in [-0.2, 0) is 0 Å². The van der Waals surface area contributed by atoms with Crippen molar-refractivity contribution in [2.24, 2.45) is 0 Å². The number of nitrogens with zero attached hydrogens (tertiary/aromatic N) is 2. The number of aromatic nitrogens is 2. The van der Waals surface area contributed by atoms with Crippen LogP contribution >= 0.6 is 11.8 Å². The van der Waals surface area contributed by atoms with Crippen molar-refractivity contribution < 1.29 is 4.42 Å². The van der Waals surface area contributed by atoms with Crippen molar-refractivity contribution in [3.05, 3.63) is 88.9 Å². The summed E-state index contributed by atoms with van der Waals surface area (Å²) in [5, 5.41) is 0.594. The molecule has 0 radical (unpaired) electrons. The van der Waals surface area contributed by atoms with E-state index in [2.05, 4.69) is 4.98 Å². The van der Waals surface area contributed by atoms with Gasteiger partial charge in [-0.05, 0) is 66.9 Å². The van der Waals surface area contributed by atoms with Gasteiger partial charge in [0, 0.05) is 4.90 Å². The zero-order valence-electron chi connectivity index (χ0n) is 14.1. The fourth-order valence-electron chi connectivity index (χ4n) is 2.79. The van der Waals surface area contributed by atoms with E-state index in [0.29, 0.717) is 22.5 Å². The van der Waals surface area contributed by atoms with Gasteiger partial charge < -0.3 is 4.42 Å². The second-order valence-corrected chi connectivity index (χ2v) is 6.55. The Labute approximate surface area is 154 Å². The maximum absolute atomic E-state index is 13.1. The first-order valence-corrected chi connectivity index (χ1v) is 9.36. The highest BCUT2D eigenvalue weighted by Gasteiger charge is 2.11. The van der Waals surface area contributed by atoms with Gasteiger partial charge in [0.15, 0.2) is 0 Å². The van der Waals surface area contributed by atoms with Crippen LogP contribution in [0.25, 0.3) is 28.7 Å². The topological polar surface area (TPSA) is 48.0 Å². The van der Waals surface area contributed by atoms with Gasteiger partial charge in [-0.3, -0.25) is 9.36 Å². The zero-order valence-corrected chi connectivity index (χ0v) is 14.9. The molecule has 0 saturated carbocycles. The predicted molar refractivity (Wildman–Crippen MR) is 107 cm³/mol. The molecule has 0 atom stereocenters. The summed E-state index contributed by atoms with van der Waals surface area (Å²) in [5.74, 6) is 1.26. The molecular weight excluding hydrogens is 344 g/mol. The summed E-state index contributed by atoms with van der Waals surface area (Å²) in [6.07, 6.45) is 7.25. The van der Waals surface area contributed by atoms with E-state index in [-0.39, 0.29) is 5.56 Å². The third kappa shape index (κ3) is 3.09. The monoisotopic (exact) mass is 360 g/mol. The molecule has 4 rings (SSSR count). The summed E-state index contributed by atoms with van der Waals surface area (Å²) in [4.78, 5) is 19.0. The summed E-state index contributed by atoms with van der Waals surface area (Å²) >= 11 is 1.66. The van der Waals surface area contributed by atoms with E-state index in [4.69, 9.17) is 4.42 Å². The predicted octanol–water partition coefficient (Wildman–Crippen LogP) is 4.87. The molecule has 26 heavy (non-hydrogen) atoms. The van der Waals surface area contributed by atoms with E-state index in [1.807, 2.05) is 66.9 Å². The second kappa shape index (κ2) is 7.06. The van der Waals surface area contributed by atoms with Crippen LogP contribution in [-0.4, -0.2) is 15.8 Å². The van der Waals surface area contributed by atoms with Gasteiger partial charge in [-0.1, -0.05) is 12.1 Å². The third-order valence-electron chi connectivity index (χ3n) is 4.07. The highest BCUT2D eigenvalue weighted by molar-refractivity contribution is 7.98. The zero-order chi connectivity index (χ0) is 17.9. The van der Waals surface area contributed by atoms with E-state index in [9.17, 15) is 4.79 Å².